The number of nitrogens with zero attached hydrogens (tertiary/aromatic N) is 1. The Labute approximate surface area is 114 Å². The number of nitrogens with one attached hydrogen (secondary N) is 1. The number of aryl methyl sites for hydroxylation is 1. The molecule has 0 saturated heterocycles. The molecule has 0 bridgehead atoms. The number of hydrogen-bond acceptors (Lipinski definition) is 4. The highest BCUT2D eigenvalue weighted by molar-refractivity contribution is 7.89. The number of hydrogen-bond donors (Lipinski definition) is 2. The predicted octanol–water partition coefficient (Wildman–Crippen LogP) is 0.330. The average Bonchev–Trinajstić information content (AvgIpc) is 2.68. The van der Waals surface area contributed by atoms with E-state index in [1.54, 1.807) is 23.9 Å². The molecule has 0 radical (unpaired) electrons. The quantitative estimate of drug-likeness (QED) is 0.789. The van der Waals surface area contributed by atoms with Gasteiger partial charge in [0.05, 0.1) is 11.0 Å². The molecule has 0 spiro atoms. The molecule has 0 unspecified atom stereocenters. The van der Waals surface area contributed by atoms with E-state index in [9.17, 15) is 8.42 Å². The van der Waals surface area contributed by atoms with Gasteiger partial charge in [-0.3, -0.25) is 0 Å². The van der Waals surface area contributed by atoms with Crippen LogP contribution >= 0.6 is 0 Å². The van der Waals surface area contributed by atoms with Gasteiger partial charge < -0.3 is 15.0 Å². The van der Waals surface area contributed by atoms with E-state index >= 15 is 0 Å². The Balaban J connectivity index is 1.99. The van der Waals surface area contributed by atoms with E-state index in [4.69, 9.17) is 10.5 Å². The van der Waals surface area contributed by atoms with Crippen molar-refractivity contribution in [2.75, 3.05) is 6.61 Å². The Hall–Kier alpha value is -0.890. The van der Waals surface area contributed by atoms with Crippen molar-refractivity contribution >= 4 is 10.0 Å². The van der Waals surface area contributed by atoms with Crippen molar-refractivity contribution in [3.05, 3.63) is 18.0 Å². The highest BCUT2D eigenvalue weighted by atomic mass is 32.2. The van der Waals surface area contributed by atoms with Gasteiger partial charge in [0.25, 0.3) is 0 Å². The number of ether oxygens (including phenoxy) is 1. The first-order valence-corrected chi connectivity index (χ1v) is 7.93. The molecule has 0 aliphatic heterocycles. The van der Waals surface area contributed by atoms with Crippen molar-refractivity contribution in [2.24, 2.45) is 12.8 Å². The molecule has 6 nitrogen and oxygen atoms in total. The van der Waals surface area contributed by atoms with E-state index in [2.05, 4.69) is 4.72 Å². The first-order chi connectivity index (χ1) is 8.96. The third-order valence-corrected chi connectivity index (χ3v) is 4.91. The largest absolute Gasteiger partial charge is 0.378 e. The zero-order valence-corrected chi connectivity index (χ0v) is 12.1. The van der Waals surface area contributed by atoms with Crippen LogP contribution in [0.2, 0.25) is 0 Å². The molecule has 1 aromatic rings. The summed E-state index contributed by atoms with van der Waals surface area (Å²) in [7, 11) is -1.67. The van der Waals surface area contributed by atoms with Crippen LogP contribution in [0, 0.1) is 0 Å². The average molecular weight is 287 g/mol. The van der Waals surface area contributed by atoms with Crippen LogP contribution in [-0.4, -0.2) is 31.7 Å². The van der Waals surface area contributed by atoms with Gasteiger partial charge in [0, 0.05) is 38.1 Å². The van der Waals surface area contributed by atoms with Crippen LogP contribution < -0.4 is 10.5 Å². The third-order valence-electron chi connectivity index (χ3n) is 3.42. The lowest BCUT2D eigenvalue weighted by atomic mass is 9.90. The summed E-state index contributed by atoms with van der Waals surface area (Å²) in [6.45, 7) is 2.93. The highest BCUT2D eigenvalue weighted by Gasteiger charge is 2.33. The van der Waals surface area contributed by atoms with Gasteiger partial charge >= 0.3 is 0 Å². The van der Waals surface area contributed by atoms with Crippen LogP contribution in [0.5, 0.6) is 0 Å². The van der Waals surface area contributed by atoms with Crippen LogP contribution in [0.25, 0.3) is 0 Å². The Bertz CT molecular complexity index is 532. The van der Waals surface area contributed by atoms with Gasteiger partial charge in [-0.15, -0.1) is 0 Å². The summed E-state index contributed by atoms with van der Waals surface area (Å²) in [5.74, 6) is 0. The molecule has 7 heteroatoms. The number of rotatable bonds is 6. The predicted molar refractivity (Wildman–Crippen MR) is 72.1 cm³/mol. The van der Waals surface area contributed by atoms with Gasteiger partial charge in [0.1, 0.15) is 0 Å². The molecule has 1 aliphatic carbocycles. The summed E-state index contributed by atoms with van der Waals surface area (Å²) in [4.78, 5) is 0.273. The van der Waals surface area contributed by atoms with Gasteiger partial charge in [0.2, 0.25) is 10.0 Å². The van der Waals surface area contributed by atoms with Crippen molar-refractivity contribution < 1.29 is 13.2 Å². The van der Waals surface area contributed by atoms with Crippen molar-refractivity contribution in [3.8, 4) is 0 Å². The lowest BCUT2D eigenvalue weighted by Crippen LogP contribution is -2.47. The SMILES string of the molecule is CCOC1CC(NS(=O)(=O)c2cc(CN)n(C)c2)C1. The zero-order chi connectivity index (χ0) is 14.0. The number of sulfonamides is 1. The summed E-state index contributed by atoms with van der Waals surface area (Å²) in [5.41, 5.74) is 6.34. The second kappa shape index (κ2) is 5.62. The van der Waals surface area contributed by atoms with Crippen molar-refractivity contribution in [1.82, 2.24) is 9.29 Å². The highest BCUT2D eigenvalue weighted by Crippen LogP contribution is 2.25. The van der Waals surface area contributed by atoms with Gasteiger partial charge in [-0.25, -0.2) is 13.1 Å². The molecule has 0 aromatic carbocycles. The summed E-state index contributed by atoms with van der Waals surface area (Å²) >= 11 is 0. The fraction of sp³-hybridized carbons (Fsp3) is 0.667. The smallest absolute Gasteiger partial charge is 0.242 e. The van der Waals surface area contributed by atoms with Gasteiger partial charge in [-0.1, -0.05) is 0 Å². The van der Waals surface area contributed by atoms with Crippen LogP contribution in [0.4, 0.5) is 0 Å². The van der Waals surface area contributed by atoms with E-state index in [0.29, 0.717) is 13.2 Å². The molecular formula is C12H21N3O3S. The van der Waals surface area contributed by atoms with Gasteiger partial charge in [0.15, 0.2) is 0 Å². The standard InChI is InChI=1S/C12H21N3O3S/c1-3-18-11-4-9(5-11)14-19(16,17)12-6-10(7-13)15(2)8-12/h6,8-9,11,14H,3-5,7,13H2,1-2H3. The van der Waals surface area contributed by atoms with Crippen LogP contribution in [0.3, 0.4) is 0 Å². The lowest BCUT2D eigenvalue weighted by molar-refractivity contribution is -0.00475. The van der Waals surface area contributed by atoms with Gasteiger partial charge in [-0.05, 0) is 25.8 Å². The van der Waals surface area contributed by atoms with Crippen LogP contribution in [-0.2, 0) is 28.4 Å². The van der Waals surface area contributed by atoms with E-state index < -0.39 is 10.0 Å². The monoisotopic (exact) mass is 287 g/mol. The Kier molecular flexibility index (Phi) is 4.29. The van der Waals surface area contributed by atoms with E-state index in [1.165, 1.54) is 0 Å². The van der Waals surface area contributed by atoms with E-state index in [-0.39, 0.29) is 17.0 Å². The Morgan fingerprint density at radius 3 is 2.74 bits per heavy atom. The zero-order valence-electron chi connectivity index (χ0n) is 11.3. The molecular weight excluding hydrogens is 266 g/mol. The summed E-state index contributed by atoms with van der Waals surface area (Å²) in [6, 6.07) is 1.59. The van der Waals surface area contributed by atoms with E-state index in [1.807, 2.05) is 6.92 Å². The number of aromatic nitrogens is 1. The molecule has 3 N–H and O–H groups in total. The molecule has 1 fully saturated rings. The normalized spacial score (nSPS) is 23.3. The minimum Gasteiger partial charge on any atom is -0.378 e. The van der Waals surface area contributed by atoms with E-state index in [0.717, 1.165) is 18.5 Å². The Morgan fingerprint density at radius 1 is 1.53 bits per heavy atom. The maximum Gasteiger partial charge on any atom is 0.242 e. The third kappa shape index (κ3) is 3.17. The number of nitrogens with two attached hydrogens (primary N) is 1. The first-order valence-electron chi connectivity index (χ1n) is 6.45. The van der Waals surface area contributed by atoms with Crippen molar-refractivity contribution in [2.45, 2.75) is 43.4 Å². The summed E-state index contributed by atoms with van der Waals surface area (Å²) in [6.07, 6.45) is 3.25. The Morgan fingerprint density at radius 2 is 2.21 bits per heavy atom. The molecule has 0 atom stereocenters. The maximum absolute atomic E-state index is 12.2. The molecule has 108 valence electrons. The minimum absolute atomic E-state index is 0.0249. The molecule has 2 rings (SSSR count). The molecule has 1 aromatic heterocycles. The second-order valence-corrected chi connectivity index (χ2v) is 6.56. The fourth-order valence-corrected chi connectivity index (χ4v) is 3.60. The molecule has 1 saturated carbocycles. The van der Waals surface area contributed by atoms with Gasteiger partial charge in [-0.2, -0.15) is 0 Å². The molecule has 1 aliphatic rings. The van der Waals surface area contributed by atoms with Crippen LogP contribution in [0.15, 0.2) is 17.2 Å². The minimum atomic E-state index is -3.45. The molecule has 19 heavy (non-hydrogen) atoms. The van der Waals surface area contributed by atoms with Crippen LogP contribution in [0.1, 0.15) is 25.5 Å². The first kappa shape index (κ1) is 14.5. The lowest BCUT2D eigenvalue weighted by Gasteiger charge is -2.34. The summed E-state index contributed by atoms with van der Waals surface area (Å²) < 4.78 is 34.2. The fourth-order valence-electron chi connectivity index (χ4n) is 2.25. The molecule has 1 heterocycles. The van der Waals surface area contributed by atoms with Crippen molar-refractivity contribution in [1.29, 1.82) is 0 Å². The summed E-state index contributed by atoms with van der Waals surface area (Å²) in [5, 5.41) is 0. The van der Waals surface area contributed by atoms with Crippen molar-refractivity contribution in [3.63, 3.8) is 0 Å². The maximum atomic E-state index is 12.2. The second-order valence-electron chi connectivity index (χ2n) is 4.85. The molecule has 0 amide bonds. The topological polar surface area (TPSA) is 86.3 Å².